The first-order valence-corrected chi connectivity index (χ1v) is 12.2. The number of benzene rings is 1. The van der Waals surface area contributed by atoms with E-state index in [1.54, 1.807) is 24.3 Å². The minimum Gasteiger partial charge on any atom is -0.494 e. The van der Waals surface area contributed by atoms with Gasteiger partial charge < -0.3 is 20.3 Å². The molecule has 7 nitrogen and oxygen atoms in total. The van der Waals surface area contributed by atoms with Crippen LogP contribution in [0.25, 0.3) is 0 Å². The molecule has 1 aliphatic heterocycles. The number of rotatable bonds is 9. The first kappa shape index (κ1) is 24.1. The van der Waals surface area contributed by atoms with Gasteiger partial charge in [-0.2, -0.15) is 0 Å². The van der Waals surface area contributed by atoms with Gasteiger partial charge in [-0.15, -0.1) is 0 Å². The topological polar surface area (TPSA) is 87.7 Å². The lowest BCUT2D eigenvalue weighted by Crippen LogP contribution is -2.49. The molecular formula is C25H37N3O4. The molecule has 1 saturated heterocycles. The SMILES string of the molecule is CCCCOc1ccc(C(=O)NCC(=O)NC2CCN(C(=O)C3CCCCC3)CC2)cc1. The number of nitrogens with zero attached hydrogens (tertiary/aromatic N) is 1. The van der Waals surface area contributed by atoms with Gasteiger partial charge in [0.05, 0.1) is 13.2 Å². The van der Waals surface area contributed by atoms with Crippen LogP contribution in [0, 0.1) is 5.92 Å². The Morgan fingerprint density at radius 1 is 1.00 bits per heavy atom. The molecule has 0 spiro atoms. The van der Waals surface area contributed by atoms with Gasteiger partial charge in [0.15, 0.2) is 0 Å². The fourth-order valence-corrected chi connectivity index (χ4v) is 4.43. The molecule has 0 unspecified atom stereocenters. The third-order valence-electron chi connectivity index (χ3n) is 6.42. The number of ether oxygens (including phenoxy) is 1. The lowest BCUT2D eigenvalue weighted by Gasteiger charge is -2.35. The molecule has 3 rings (SSSR count). The van der Waals surface area contributed by atoms with Gasteiger partial charge in [-0.25, -0.2) is 0 Å². The molecular weight excluding hydrogens is 406 g/mol. The number of piperidine rings is 1. The standard InChI is InChI=1S/C25H37N3O4/c1-2-3-17-32-22-11-9-19(10-12-22)24(30)26-18-23(29)27-21-13-15-28(16-14-21)25(31)20-7-5-4-6-8-20/h9-12,20-21H,2-8,13-18H2,1H3,(H,26,30)(H,27,29). The second-order valence-electron chi connectivity index (χ2n) is 8.91. The van der Waals surface area contributed by atoms with Crippen LogP contribution in [-0.2, 0) is 9.59 Å². The van der Waals surface area contributed by atoms with Crippen LogP contribution in [0.5, 0.6) is 5.75 Å². The number of unbranched alkanes of at least 4 members (excludes halogenated alkanes) is 1. The van der Waals surface area contributed by atoms with Crippen molar-refractivity contribution < 1.29 is 19.1 Å². The second-order valence-corrected chi connectivity index (χ2v) is 8.91. The molecule has 1 aromatic rings. The number of amides is 3. The van der Waals surface area contributed by atoms with Crippen LogP contribution >= 0.6 is 0 Å². The van der Waals surface area contributed by atoms with E-state index in [9.17, 15) is 14.4 Å². The van der Waals surface area contributed by atoms with Gasteiger partial charge in [-0.3, -0.25) is 14.4 Å². The van der Waals surface area contributed by atoms with Crippen LogP contribution in [0.1, 0.15) is 75.1 Å². The van der Waals surface area contributed by atoms with E-state index in [-0.39, 0.29) is 30.3 Å². The fraction of sp³-hybridized carbons (Fsp3) is 0.640. The quantitative estimate of drug-likeness (QED) is 0.574. The minimum absolute atomic E-state index is 0.0503. The van der Waals surface area contributed by atoms with Crippen molar-refractivity contribution in [2.75, 3.05) is 26.2 Å². The van der Waals surface area contributed by atoms with E-state index in [4.69, 9.17) is 4.74 Å². The molecule has 32 heavy (non-hydrogen) atoms. The van der Waals surface area contributed by atoms with Crippen molar-refractivity contribution in [1.82, 2.24) is 15.5 Å². The van der Waals surface area contributed by atoms with Crippen LogP contribution < -0.4 is 15.4 Å². The van der Waals surface area contributed by atoms with Crippen LogP contribution in [-0.4, -0.2) is 54.9 Å². The summed E-state index contributed by atoms with van der Waals surface area (Å²) >= 11 is 0. The lowest BCUT2D eigenvalue weighted by atomic mass is 9.87. The van der Waals surface area contributed by atoms with E-state index in [2.05, 4.69) is 17.6 Å². The van der Waals surface area contributed by atoms with Crippen molar-refractivity contribution in [1.29, 1.82) is 0 Å². The summed E-state index contributed by atoms with van der Waals surface area (Å²) in [6.07, 6.45) is 9.18. The van der Waals surface area contributed by atoms with Crippen molar-refractivity contribution in [3.05, 3.63) is 29.8 Å². The molecule has 3 amide bonds. The van der Waals surface area contributed by atoms with Gasteiger partial charge in [-0.05, 0) is 56.4 Å². The minimum atomic E-state index is -0.284. The van der Waals surface area contributed by atoms with Gasteiger partial charge in [0.25, 0.3) is 5.91 Å². The highest BCUT2D eigenvalue weighted by Gasteiger charge is 2.29. The van der Waals surface area contributed by atoms with Crippen LogP contribution in [0.4, 0.5) is 0 Å². The molecule has 176 valence electrons. The third kappa shape index (κ3) is 7.24. The van der Waals surface area contributed by atoms with E-state index in [1.807, 2.05) is 4.90 Å². The summed E-state index contributed by atoms with van der Waals surface area (Å²) in [4.78, 5) is 39.2. The number of carbonyl (C=O) groups is 3. The molecule has 1 aromatic carbocycles. The second kappa shape index (κ2) is 12.5. The van der Waals surface area contributed by atoms with Crippen molar-refractivity contribution in [3.8, 4) is 5.75 Å². The summed E-state index contributed by atoms with van der Waals surface area (Å²) in [5, 5.41) is 5.66. The molecule has 0 aromatic heterocycles. The van der Waals surface area contributed by atoms with Crippen LogP contribution in [0.2, 0.25) is 0 Å². The number of carbonyl (C=O) groups excluding carboxylic acids is 3. The average molecular weight is 444 g/mol. The Hall–Kier alpha value is -2.57. The molecule has 0 atom stereocenters. The monoisotopic (exact) mass is 443 g/mol. The van der Waals surface area contributed by atoms with Crippen LogP contribution in [0.3, 0.4) is 0 Å². The molecule has 0 bridgehead atoms. The molecule has 2 N–H and O–H groups in total. The summed E-state index contributed by atoms with van der Waals surface area (Å²) in [6, 6.07) is 7.00. The number of nitrogens with one attached hydrogen (secondary N) is 2. The normalized spacial score (nSPS) is 17.6. The van der Waals surface area contributed by atoms with Crippen molar-refractivity contribution in [2.24, 2.45) is 5.92 Å². The number of likely N-dealkylation sites (tertiary alicyclic amines) is 1. The molecule has 1 aliphatic carbocycles. The Morgan fingerprint density at radius 2 is 1.69 bits per heavy atom. The van der Waals surface area contributed by atoms with Crippen molar-refractivity contribution in [2.45, 2.75) is 70.8 Å². The Morgan fingerprint density at radius 3 is 2.34 bits per heavy atom. The Labute approximate surface area is 191 Å². The van der Waals surface area contributed by atoms with Crippen molar-refractivity contribution in [3.63, 3.8) is 0 Å². The lowest BCUT2D eigenvalue weighted by molar-refractivity contribution is -0.137. The van der Waals surface area contributed by atoms with Gasteiger partial charge in [0.1, 0.15) is 5.75 Å². The highest BCUT2D eigenvalue weighted by atomic mass is 16.5. The van der Waals surface area contributed by atoms with E-state index in [1.165, 1.54) is 6.42 Å². The maximum absolute atomic E-state index is 12.7. The van der Waals surface area contributed by atoms with Crippen LogP contribution in [0.15, 0.2) is 24.3 Å². The Bertz CT molecular complexity index is 751. The van der Waals surface area contributed by atoms with E-state index in [0.29, 0.717) is 31.2 Å². The smallest absolute Gasteiger partial charge is 0.251 e. The number of hydrogen-bond acceptors (Lipinski definition) is 4. The summed E-state index contributed by atoms with van der Waals surface area (Å²) < 4.78 is 5.60. The summed E-state index contributed by atoms with van der Waals surface area (Å²) in [6.45, 7) is 4.10. The van der Waals surface area contributed by atoms with E-state index in [0.717, 1.165) is 57.1 Å². The molecule has 1 heterocycles. The number of hydrogen-bond donors (Lipinski definition) is 2. The van der Waals surface area contributed by atoms with Gasteiger partial charge in [-0.1, -0.05) is 32.6 Å². The largest absolute Gasteiger partial charge is 0.494 e. The zero-order valence-electron chi connectivity index (χ0n) is 19.2. The maximum atomic E-state index is 12.7. The highest BCUT2D eigenvalue weighted by Crippen LogP contribution is 2.26. The zero-order valence-corrected chi connectivity index (χ0v) is 19.2. The summed E-state index contributed by atoms with van der Waals surface area (Å²) in [5.41, 5.74) is 0.496. The van der Waals surface area contributed by atoms with Gasteiger partial charge in [0.2, 0.25) is 11.8 Å². The Balaban J connectivity index is 1.34. The molecule has 2 aliphatic rings. The van der Waals surface area contributed by atoms with E-state index >= 15 is 0 Å². The molecule has 7 heteroatoms. The molecule has 2 fully saturated rings. The zero-order chi connectivity index (χ0) is 22.8. The molecule has 0 radical (unpaired) electrons. The predicted molar refractivity (Wildman–Crippen MR) is 123 cm³/mol. The highest BCUT2D eigenvalue weighted by molar-refractivity contribution is 5.96. The first-order valence-electron chi connectivity index (χ1n) is 12.2. The average Bonchev–Trinajstić information content (AvgIpc) is 2.84. The maximum Gasteiger partial charge on any atom is 0.251 e. The molecule has 1 saturated carbocycles. The summed E-state index contributed by atoms with van der Waals surface area (Å²) in [7, 11) is 0. The van der Waals surface area contributed by atoms with Gasteiger partial charge in [0, 0.05) is 30.6 Å². The van der Waals surface area contributed by atoms with Gasteiger partial charge >= 0.3 is 0 Å². The third-order valence-corrected chi connectivity index (χ3v) is 6.42. The fourth-order valence-electron chi connectivity index (χ4n) is 4.43. The predicted octanol–water partition coefficient (Wildman–Crippen LogP) is 3.28. The summed E-state index contributed by atoms with van der Waals surface area (Å²) in [5.74, 6) is 0.745. The first-order chi connectivity index (χ1) is 15.6. The van der Waals surface area contributed by atoms with Crippen molar-refractivity contribution >= 4 is 17.7 Å². The van der Waals surface area contributed by atoms with E-state index < -0.39 is 0 Å². The Kier molecular flexibility index (Phi) is 9.38.